The summed E-state index contributed by atoms with van der Waals surface area (Å²) >= 11 is 1.59. The number of rotatable bonds is 7. The Morgan fingerprint density at radius 1 is 0.966 bits per heavy atom. The molecule has 0 aliphatic rings. The highest BCUT2D eigenvalue weighted by Crippen LogP contribution is 2.28. The van der Waals surface area contributed by atoms with E-state index in [-0.39, 0.29) is 22.6 Å². The summed E-state index contributed by atoms with van der Waals surface area (Å²) in [7, 11) is -3.28. The van der Waals surface area contributed by atoms with E-state index in [1.54, 1.807) is 30.4 Å². The molecule has 0 fully saturated rings. The molecule has 1 aromatic heterocycles. The first-order chi connectivity index (χ1) is 13.8. The van der Waals surface area contributed by atoms with Crippen molar-refractivity contribution in [3.05, 3.63) is 87.6 Å². The van der Waals surface area contributed by atoms with Gasteiger partial charge >= 0.3 is 0 Å². The van der Waals surface area contributed by atoms with Crippen molar-refractivity contribution in [1.29, 1.82) is 0 Å². The van der Waals surface area contributed by atoms with Crippen LogP contribution >= 0.6 is 11.3 Å². The minimum atomic E-state index is -3.28. The van der Waals surface area contributed by atoms with Gasteiger partial charge < -0.3 is 5.32 Å². The van der Waals surface area contributed by atoms with Crippen LogP contribution in [0.15, 0.2) is 70.9 Å². The van der Waals surface area contributed by atoms with Crippen molar-refractivity contribution in [3.63, 3.8) is 0 Å². The van der Waals surface area contributed by atoms with Crippen LogP contribution in [0.3, 0.4) is 0 Å². The molecule has 6 heteroatoms. The SMILES string of the molecule is CCS(=O)(=O)c1ccc(C(=O)NC(c2ccc(C(C)C)cc2)c2cccs2)cc1. The van der Waals surface area contributed by atoms with Crippen LogP contribution in [0.4, 0.5) is 0 Å². The van der Waals surface area contributed by atoms with Crippen molar-refractivity contribution >= 4 is 27.1 Å². The zero-order valence-corrected chi connectivity index (χ0v) is 18.4. The second-order valence-corrected chi connectivity index (χ2v) is 10.4. The third-order valence-electron chi connectivity index (χ3n) is 4.90. The van der Waals surface area contributed by atoms with Crippen LogP contribution in [0.5, 0.6) is 0 Å². The molecule has 0 bridgehead atoms. The fourth-order valence-corrected chi connectivity index (χ4v) is 4.73. The highest BCUT2D eigenvalue weighted by molar-refractivity contribution is 7.91. The van der Waals surface area contributed by atoms with Crippen molar-refractivity contribution in [2.45, 2.75) is 37.6 Å². The maximum atomic E-state index is 12.9. The van der Waals surface area contributed by atoms with Crippen molar-refractivity contribution in [3.8, 4) is 0 Å². The van der Waals surface area contributed by atoms with Crippen molar-refractivity contribution in [1.82, 2.24) is 5.32 Å². The molecule has 1 unspecified atom stereocenters. The van der Waals surface area contributed by atoms with Crippen molar-refractivity contribution in [2.75, 3.05) is 5.75 Å². The Kier molecular flexibility index (Phi) is 6.55. The van der Waals surface area contributed by atoms with Crippen LogP contribution < -0.4 is 5.32 Å². The van der Waals surface area contributed by atoms with E-state index < -0.39 is 9.84 Å². The molecule has 3 rings (SSSR count). The number of sulfone groups is 1. The molecule has 1 N–H and O–H groups in total. The Morgan fingerprint density at radius 2 is 1.59 bits per heavy atom. The number of carbonyl (C=O) groups is 1. The van der Waals surface area contributed by atoms with Gasteiger partial charge in [0.2, 0.25) is 0 Å². The highest BCUT2D eigenvalue weighted by Gasteiger charge is 2.20. The largest absolute Gasteiger partial charge is 0.340 e. The minimum Gasteiger partial charge on any atom is -0.340 e. The fraction of sp³-hybridized carbons (Fsp3) is 0.261. The molecular formula is C23H25NO3S2. The standard InChI is InChI=1S/C23H25NO3S2/c1-4-29(26,27)20-13-11-19(12-14-20)23(25)24-22(21-6-5-15-28-21)18-9-7-17(8-10-18)16(2)3/h5-16,22H,4H2,1-3H3,(H,24,25). The van der Waals surface area contributed by atoms with E-state index in [0.29, 0.717) is 11.5 Å². The van der Waals surface area contributed by atoms with E-state index in [0.717, 1.165) is 10.4 Å². The Hall–Kier alpha value is -2.44. The summed E-state index contributed by atoms with van der Waals surface area (Å²) < 4.78 is 24.0. The van der Waals surface area contributed by atoms with Crippen LogP contribution in [-0.4, -0.2) is 20.1 Å². The van der Waals surface area contributed by atoms with Crippen molar-refractivity contribution in [2.24, 2.45) is 0 Å². The smallest absolute Gasteiger partial charge is 0.252 e. The lowest BCUT2D eigenvalue weighted by Crippen LogP contribution is -2.28. The maximum Gasteiger partial charge on any atom is 0.252 e. The molecule has 0 aliphatic carbocycles. The second-order valence-electron chi connectivity index (χ2n) is 7.17. The van der Waals surface area contributed by atoms with Gasteiger partial charge in [-0.2, -0.15) is 0 Å². The van der Waals surface area contributed by atoms with E-state index >= 15 is 0 Å². The van der Waals surface area contributed by atoms with Gasteiger partial charge in [-0.1, -0.05) is 51.1 Å². The first-order valence-corrected chi connectivity index (χ1v) is 12.1. The van der Waals surface area contributed by atoms with E-state index in [2.05, 4.69) is 43.4 Å². The molecule has 29 heavy (non-hydrogen) atoms. The van der Waals surface area contributed by atoms with Gasteiger partial charge in [0.05, 0.1) is 16.7 Å². The maximum absolute atomic E-state index is 12.9. The lowest BCUT2D eigenvalue weighted by Gasteiger charge is -2.19. The summed E-state index contributed by atoms with van der Waals surface area (Å²) in [5.41, 5.74) is 2.69. The second kappa shape index (κ2) is 8.93. The summed E-state index contributed by atoms with van der Waals surface area (Å²) in [6, 6.07) is 18.1. The van der Waals surface area contributed by atoms with Crippen LogP contribution in [0, 0.1) is 0 Å². The van der Waals surface area contributed by atoms with E-state index in [1.165, 1.54) is 17.7 Å². The molecule has 0 saturated carbocycles. The Labute approximate surface area is 176 Å². The van der Waals surface area contributed by atoms with Gasteiger partial charge in [0.25, 0.3) is 5.91 Å². The van der Waals surface area contributed by atoms with Gasteiger partial charge in [0, 0.05) is 10.4 Å². The first-order valence-electron chi connectivity index (χ1n) is 9.58. The number of benzene rings is 2. The van der Waals surface area contributed by atoms with Crippen LogP contribution in [0.1, 0.15) is 59.1 Å². The molecular weight excluding hydrogens is 402 g/mol. The fourth-order valence-electron chi connectivity index (χ4n) is 3.04. The molecule has 0 spiro atoms. The number of hydrogen-bond donors (Lipinski definition) is 1. The van der Waals surface area contributed by atoms with Gasteiger partial charge in [0.1, 0.15) is 0 Å². The summed E-state index contributed by atoms with van der Waals surface area (Å²) in [6.07, 6.45) is 0. The zero-order chi connectivity index (χ0) is 21.0. The average molecular weight is 428 g/mol. The molecule has 0 aliphatic heterocycles. The van der Waals surface area contributed by atoms with Gasteiger partial charge in [-0.05, 0) is 52.8 Å². The van der Waals surface area contributed by atoms with E-state index in [9.17, 15) is 13.2 Å². The van der Waals surface area contributed by atoms with Crippen LogP contribution in [0.25, 0.3) is 0 Å². The van der Waals surface area contributed by atoms with Gasteiger partial charge in [-0.3, -0.25) is 4.79 Å². The topological polar surface area (TPSA) is 63.2 Å². The highest BCUT2D eigenvalue weighted by atomic mass is 32.2. The van der Waals surface area contributed by atoms with E-state index in [1.807, 2.05) is 17.5 Å². The number of amides is 1. The van der Waals surface area contributed by atoms with Crippen LogP contribution in [-0.2, 0) is 9.84 Å². The lowest BCUT2D eigenvalue weighted by molar-refractivity contribution is 0.0943. The predicted octanol–water partition coefficient (Wildman–Crippen LogP) is 5.18. The predicted molar refractivity (Wildman–Crippen MR) is 118 cm³/mol. The third kappa shape index (κ3) is 4.95. The number of nitrogens with one attached hydrogen (secondary N) is 1. The summed E-state index contributed by atoms with van der Waals surface area (Å²) in [6.45, 7) is 5.90. The average Bonchev–Trinajstić information content (AvgIpc) is 3.26. The normalized spacial score (nSPS) is 12.7. The van der Waals surface area contributed by atoms with Gasteiger partial charge in [0.15, 0.2) is 9.84 Å². The number of hydrogen-bond acceptors (Lipinski definition) is 4. The molecule has 1 heterocycles. The van der Waals surface area contributed by atoms with Crippen LogP contribution in [0.2, 0.25) is 0 Å². The quantitative estimate of drug-likeness (QED) is 0.565. The molecule has 0 saturated heterocycles. The van der Waals surface area contributed by atoms with E-state index in [4.69, 9.17) is 0 Å². The molecule has 2 aromatic carbocycles. The summed E-state index contributed by atoms with van der Waals surface area (Å²) in [4.78, 5) is 14.1. The Balaban J connectivity index is 1.86. The van der Waals surface area contributed by atoms with Gasteiger partial charge in [-0.15, -0.1) is 11.3 Å². The molecule has 3 aromatic rings. The van der Waals surface area contributed by atoms with Gasteiger partial charge in [-0.25, -0.2) is 8.42 Å². The molecule has 1 amide bonds. The molecule has 0 radical (unpaired) electrons. The monoisotopic (exact) mass is 427 g/mol. The summed E-state index contributed by atoms with van der Waals surface area (Å²) in [5.74, 6) is 0.235. The number of carbonyl (C=O) groups excluding carboxylic acids is 1. The lowest BCUT2D eigenvalue weighted by atomic mass is 9.98. The minimum absolute atomic E-state index is 0.0331. The third-order valence-corrected chi connectivity index (χ3v) is 7.58. The number of thiophene rings is 1. The Bertz CT molecular complexity index is 1050. The zero-order valence-electron chi connectivity index (χ0n) is 16.8. The molecule has 4 nitrogen and oxygen atoms in total. The first kappa shape index (κ1) is 21.3. The Morgan fingerprint density at radius 3 is 2.10 bits per heavy atom. The molecule has 1 atom stereocenters. The molecule has 152 valence electrons. The van der Waals surface area contributed by atoms with Crippen molar-refractivity contribution < 1.29 is 13.2 Å². The summed E-state index contributed by atoms with van der Waals surface area (Å²) in [5, 5.41) is 5.08.